The predicted octanol–water partition coefficient (Wildman–Crippen LogP) is 2.55. The van der Waals surface area contributed by atoms with Crippen molar-refractivity contribution < 1.29 is 28.7 Å². The van der Waals surface area contributed by atoms with Crippen molar-refractivity contribution in [3.63, 3.8) is 0 Å². The van der Waals surface area contributed by atoms with Crippen molar-refractivity contribution in [3.8, 4) is 0 Å². The van der Waals surface area contributed by atoms with E-state index in [9.17, 15) is 19.2 Å². The van der Waals surface area contributed by atoms with Crippen molar-refractivity contribution in [1.82, 2.24) is 5.32 Å². The van der Waals surface area contributed by atoms with Gasteiger partial charge in [0.15, 0.2) is 11.6 Å². The number of ketones is 2. The van der Waals surface area contributed by atoms with Crippen LogP contribution < -0.4 is 5.32 Å². The molecule has 7 nitrogen and oxygen atoms in total. The molecule has 0 saturated carbocycles. The van der Waals surface area contributed by atoms with Gasteiger partial charge in [0.1, 0.15) is 10.8 Å². The molecule has 0 spiro atoms. The van der Waals surface area contributed by atoms with E-state index in [1.165, 1.54) is 14.2 Å². The molecule has 33 heavy (non-hydrogen) atoms. The molecule has 0 aromatic heterocycles. The van der Waals surface area contributed by atoms with Gasteiger partial charge in [0, 0.05) is 24.2 Å². The van der Waals surface area contributed by atoms with Gasteiger partial charge in [-0.25, -0.2) is 0 Å². The monoisotopic (exact) mass is 449 g/mol. The van der Waals surface area contributed by atoms with E-state index in [0.29, 0.717) is 24.0 Å². The minimum absolute atomic E-state index is 0.0412. The Morgan fingerprint density at radius 3 is 1.55 bits per heavy atom. The lowest BCUT2D eigenvalue weighted by Crippen LogP contribution is -2.55. The van der Waals surface area contributed by atoms with Gasteiger partial charge in [-0.3, -0.25) is 19.2 Å². The van der Waals surface area contributed by atoms with Crippen molar-refractivity contribution in [2.45, 2.75) is 25.7 Å². The predicted molar refractivity (Wildman–Crippen MR) is 120 cm³/mol. The van der Waals surface area contributed by atoms with Gasteiger partial charge < -0.3 is 14.8 Å². The molecule has 2 aliphatic rings. The second-order valence-electron chi connectivity index (χ2n) is 8.72. The minimum Gasteiger partial charge on any atom is -0.468 e. The van der Waals surface area contributed by atoms with Crippen LogP contribution in [0.5, 0.6) is 0 Å². The molecule has 0 fully saturated rings. The fraction of sp³-hybridized carbons (Fsp3) is 0.385. The lowest BCUT2D eigenvalue weighted by Gasteiger charge is -2.37. The van der Waals surface area contributed by atoms with Gasteiger partial charge in [-0.15, -0.1) is 0 Å². The van der Waals surface area contributed by atoms with E-state index in [-0.39, 0.29) is 37.5 Å². The van der Waals surface area contributed by atoms with Gasteiger partial charge in [0.05, 0.1) is 14.2 Å². The summed E-state index contributed by atoms with van der Waals surface area (Å²) in [5.74, 6) is -1.86. The Morgan fingerprint density at radius 2 is 1.15 bits per heavy atom. The third-order valence-corrected chi connectivity index (χ3v) is 7.04. The number of esters is 2. The Bertz CT molecular complexity index is 1040. The van der Waals surface area contributed by atoms with Crippen LogP contribution in [0, 0.1) is 10.8 Å². The zero-order valence-electron chi connectivity index (χ0n) is 18.8. The van der Waals surface area contributed by atoms with Crippen LogP contribution in [-0.2, 0) is 31.9 Å². The standard InChI is InChI=1S/C26H27NO6/c1-32-23(30)25(13-11-17-7-3-5-9-19(17)21(25)28)15-27-16-26(24(31)33-2)14-12-18-8-4-6-10-20(18)22(26)29/h3-10,27H,11-16H2,1-2H3. The molecule has 0 aliphatic heterocycles. The van der Waals surface area contributed by atoms with Gasteiger partial charge in [-0.2, -0.15) is 0 Å². The third-order valence-electron chi connectivity index (χ3n) is 7.04. The number of hydrogen-bond acceptors (Lipinski definition) is 7. The van der Waals surface area contributed by atoms with E-state index in [1.54, 1.807) is 24.3 Å². The first-order valence-corrected chi connectivity index (χ1v) is 11.0. The quantitative estimate of drug-likeness (QED) is 0.535. The molecule has 2 aliphatic carbocycles. The summed E-state index contributed by atoms with van der Waals surface area (Å²) in [7, 11) is 2.52. The van der Waals surface area contributed by atoms with Crippen molar-refractivity contribution in [1.29, 1.82) is 0 Å². The smallest absolute Gasteiger partial charge is 0.321 e. The summed E-state index contributed by atoms with van der Waals surface area (Å²) in [6, 6.07) is 14.4. The normalized spacial score (nSPS) is 23.9. The highest BCUT2D eigenvalue weighted by Gasteiger charge is 2.52. The van der Waals surface area contributed by atoms with E-state index in [2.05, 4.69) is 5.32 Å². The number of carbonyl (C=O) groups excluding carboxylic acids is 4. The molecule has 7 heteroatoms. The number of methoxy groups -OCH3 is 2. The number of nitrogens with one attached hydrogen (secondary N) is 1. The SMILES string of the molecule is COC(=O)C1(CNCC2(C(=O)OC)CCc3ccccc3C2=O)CCc2ccccc2C1=O. The number of ether oxygens (including phenoxy) is 2. The van der Waals surface area contributed by atoms with Crippen molar-refractivity contribution in [2.75, 3.05) is 27.3 Å². The van der Waals surface area contributed by atoms with Crippen molar-refractivity contribution in [3.05, 3.63) is 70.8 Å². The van der Waals surface area contributed by atoms with Crippen LogP contribution in [0.1, 0.15) is 44.7 Å². The molecule has 172 valence electrons. The largest absolute Gasteiger partial charge is 0.468 e. The van der Waals surface area contributed by atoms with Crippen LogP contribution in [0.3, 0.4) is 0 Å². The first kappa shape index (κ1) is 22.9. The molecule has 0 saturated heterocycles. The lowest BCUT2D eigenvalue weighted by molar-refractivity contribution is -0.150. The highest BCUT2D eigenvalue weighted by atomic mass is 16.5. The minimum atomic E-state index is -1.42. The highest BCUT2D eigenvalue weighted by molar-refractivity contribution is 6.15. The average Bonchev–Trinajstić information content (AvgIpc) is 2.86. The molecule has 0 radical (unpaired) electrons. The van der Waals surface area contributed by atoms with Crippen molar-refractivity contribution in [2.24, 2.45) is 10.8 Å². The lowest BCUT2D eigenvalue weighted by atomic mass is 9.68. The molecule has 0 bridgehead atoms. The summed E-state index contributed by atoms with van der Waals surface area (Å²) >= 11 is 0. The molecule has 2 unspecified atom stereocenters. The Labute approximate surface area is 192 Å². The van der Waals surface area contributed by atoms with Crippen LogP contribution in [-0.4, -0.2) is 50.8 Å². The first-order valence-electron chi connectivity index (χ1n) is 11.0. The summed E-state index contributed by atoms with van der Waals surface area (Å²) in [5.41, 5.74) is -0.0478. The second-order valence-corrected chi connectivity index (χ2v) is 8.72. The third kappa shape index (κ3) is 3.66. The summed E-state index contributed by atoms with van der Waals surface area (Å²) in [6.45, 7) is -0.0823. The first-order chi connectivity index (χ1) is 15.9. The number of benzene rings is 2. The van der Waals surface area contributed by atoms with Gasteiger partial charge in [-0.05, 0) is 36.8 Å². The van der Waals surface area contributed by atoms with Gasteiger partial charge in [-0.1, -0.05) is 48.5 Å². The van der Waals surface area contributed by atoms with E-state index in [1.807, 2.05) is 24.3 Å². The topological polar surface area (TPSA) is 98.8 Å². The Morgan fingerprint density at radius 1 is 0.758 bits per heavy atom. The summed E-state index contributed by atoms with van der Waals surface area (Å²) in [6.07, 6.45) is 1.66. The Kier molecular flexibility index (Phi) is 6.17. The average molecular weight is 450 g/mol. The van der Waals surface area contributed by atoms with E-state index in [4.69, 9.17) is 9.47 Å². The fourth-order valence-electron chi connectivity index (χ4n) is 5.11. The van der Waals surface area contributed by atoms with E-state index >= 15 is 0 Å². The van der Waals surface area contributed by atoms with Gasteiger partial charge >= 0.3 is 11.9 Å². The molecule has 0 heterocycles. The maximum Gasteiger partial charge on any atom is 0.321 e. The number of Topliss-reactive ketones (excluding diaryl/α,β-unsaturated/α-hetero) is 2. The maximum absolute atomic E-state index is 13.4. The van der Waals surface area contributed by atoms with Crippen LogP contribution in [0.15, 0.2) is 48.5 Å². The van der Waals surface area contributed by atoms with Gasteiger partial charge in [0.2, 0.25) is 0 Å². The Hall–Kier alpha value is -3.32. The second kappa shape index (κ2) is 8.90. The summed E-state index contributed by atoms with van der Waals surface area (Å²) in [4.78, 5) is 52.5. The maximum atomic E-state index is 13.4. The highest BCUT2D eigenvalue weighted by Crippen LogP contribution is 2.39. The zero-order chi connectivity index (χ0) is 23.6. The summed E-state index contributed by atoms with van der Waals surface area (Å²) < 4.78 is 10.0. The van der Waals surface area contributed by atoms with Crippen LogP contribution in [0.2, 0.25) is 0 Å². The fourth-order valence-corrected chi connectivity index (χ4v) is 5.11. The van der Waals surface area contributed by atoms with E-state index in [0.717, 1.165) is 11.1 Å². The Balaban J connectivity index is 1.61. The molecule has 4 rings (SSSR count). The number of fused-ring (bicyclic) bond motifs is 2. The van der Waals surface area contributed by atoms with E-state index < -0.39 is 22.8 Å². The number of rotatable bonds is 6. The van der Waals surface area contributed by atoms with Gasteiger partial charge in [0.25, 0.3) is 0 Å². The molecule has 2 atom stereocenters. The van der Waals surface area contributed by atoms with Crippen LogP contribution >= 0.6 is 0 Å². The molecule has 2 aromatic carbocycles. The number of hydrogen-bond donors (Lipinski definition) is 1. The molecule has 0 amide bonds. The van der Waals surface area contributed by atoms with Crippen molar-refractivity contribution >= 4 is 23.5 Å². The number of carbonyl (C=O) groups is 4. The summed E-state index contributed by atoms with van der Waals surface area (Å²) in [5, 5.41) is 3.12. The molecular weight excluding hydrogens is 422 g/mol. The van der Waals surface area contributed by atoms with Crippen LogP contribution in [0.4, 0.5) is 0 Å². The molecule has 2 aromatic rings. The molecule has 1 N–H and O–H groups in total. The number of aryl methyl sites for hydroxylation is 2. The zero-order valence-corrected chi connectivity index (χ0v) is 18.8. The van der Waals surface area contributed by atoms with Crippen LogP contribution in [0.25, 0.3) is 0 Å². The molecular formula is C26H27NO6.